The second-order valence-corrected chi connectivity index (χ2v) is 14.2. The van der Waals surface area contributed by atoms with Gasteiger partial charge in [0.15, 0.2) is 6.10 Å². The van der Waals surface area contributed by atoms with E-state index in [1.165, 1.54) is 148 Å². The van der Waals surface area contributed by atoms with E-state index < -0.39 is 20.5 Å². The molecule has 0 fully saturated rings. The Kier molecular flexibility index (Phi) is 33.8. The molecule has 1 atom stereocenters. The van der Waals surface area contributed by atoms with Crippen LogP contribution < -0.4 is 0 Å². The molecule has 0 aromatic heterocycles. The van der Waals surface area contributed by atoms with Crippen LogP contribution in [-0.4, -0.2) is 35.1 Å². The number of hydrogen-bond donors (Lipinski definition) is 2. The van der Waals surface area contributed by atoms with Crippen LogP contribution in [0.1, 0.15) is 200 Å². The zero-order valence-electron chi connectivity index (χ0n) is 29.5. The topological polar surface area (TPSA) is 102 Å². The molecule has 0 rings (SSSR count). The standard InChI is InChI=1S/C37H73O7P/c1-3-5-7-9-11-13-15-17-18-19-21-23-25-27-29-31-33-42-34-36(35-43-45(39,40)41)44-37(38)32-30-28-26-24-22-20-16-14-12-10-8-6-4-2/h31,33,36H,3-30,32,34-35H2,1-2H3,(H2,39,40,41)/b33-31-/t36-/m1/s1. The first-order valence-corrected chi connectivity index (χ1v) is 20.6. The van der Waals surface area contributed by atoms with Gasteiger partial charge in [-0.05, 0) is 25.3 Å². The zero-order valence-corrected chi connectivity index (χ0v) is 30.4. The number of unbranched alkanes of at least 4 members (excludes halogenated alkanes) is 26. The number of phosphoric acid groups is 1. The predicted octanol–water partition coefficient (Wildman–Crippen LogP) is 11.9. The molecule has 2 N–H and O–H groups in total. The van der Waals surface area contributed by atoms with Gasteiger partial charge in [-0.15, -0.1) is 0 Å². The van der Waals surface area contributed by atoms with Crippen molar-refractivity contribution < 1.29 is 33.1 Å². The molecule has 0 spiro atoms. The van der Waals surface area contributed by atoms with Gasteiger partial charge in [-0.1, -0.05) is 174 Å². The summed E-state index contributed by atoms with van der Waals surface area (Å²) in [6, 6.07) is 0. The number of hydrogen-bond acceptors (Lipinski definition) is 5. The molecule has 0 aromatic rings. The van der Waals surface area contributed by atoms with E-state index in [4.69, 9.17) is 19.3 Å². The third-order valence-corrected chi connectivity index (χ3v) is 8.90. The maximum Gasteiger partial charge on any atom is 0.469 e. The van der Waals surface area contributed by atoms with Gasteiger partial charge >= 0.3 is 13.8 Å². The average Bonchev–Trinajstić information content (AvgIpc) is 3.01. The second kappa shape index (κ2) is 34.5. The van der Waals surface area contributed by atoms with Crippen molar-refractivity contribution in [2.45, 2.75) is 206 Å². The fraction of sp³-hybridized carbons (Fsp3) is 0.919. The van der Waals surface area contributed by atoms with Gasteiger partial charge in [0.2, 0.25) is 0 Å². The summed E-state index contributed by atoms with van der Waals surface area (Å²) in [6.45, 7) is 4.12. The first-order valence-electron chi connectivity index (χ1n) is 19.0. The van der Waals surface area contributed by atoms with E-state index in [-0.39, 0.29) is 12.6 Å². The molecular weight excluding hydrogens is 587 g/mol. The fourth-order valence-electron chi connectivity index (χ4n) is 5.58. The molecular formula is C37H73O7P. The van der Waals surface area contributed by atoms with Crippen molar-refractivity contribution in [1.82, 2.24) is 0 Å². The maximum atomic E-state index is 12.3. The van der Waals surface area contributed by atoms with E-state index in [2.05, 4.69) is 18.4 Å². The normalized spacial score (nSPS) is 12.6. The monoisotopic (exact) mass is 661 g/mol. The largest absolute Gasteiger partial charge is 0.498 e. The lowest BCUT2D eigenvalue weighted by Crippen LogP contribution is -2.27. The Balaban J connectivity index is 3.84. The summed E-state index contributed by atoms with van der Waals surface area (Å²) in [5.74, 6) is -0.382. The summed E-state index contributed by atoms with van der Waals surface area (Å²) in [4.78, 5) is 30.4. The lowest BCUT2D eigenvalue weighted by Gasteiger charge is -2.18. The molecule has 0 amide bonds. The smallest absolute Gasteiger partial charge is 0.469 e. The molecule has 268 valence electrons. The summed E-state index contributed by atoms with van der Waals surface area (Å²) in [6.07, 6.45) is 38.6. The molecule has 0 saturated carbocycles. The summed E-state index contributed by atoms with van der Waals surface area (Å²) in [5, 5.41) is 0. The van der Waals surface area contributed by atoms with Crippen LogP contribution in [0, 0.1) is 0 Å². The molecule has 0 radical (unpaired) electrons. The van der Waals surface area contributed by atoms with Gasteiger partial charge in [-0.25, -0.2) is 4.57 Å². The summed E-state index contributed by atoms with van der Waals surface area (Å²) in [5.41, 5.74) is 0. The van der Waals surface area contributed by atoms with Crippen LogP contribution in [0.4, 0.5) is 0 Å². The Morgan fingerprint density at radius 3 is 1.36 bits per heavy atom. The van der Waals surface area contributed by atoms with Crippen LogP contribution in [0.3, 0.4) is 0 Å². The van der Waals surface area contributed by atoms with Crippen LogP contribution in [0.5, 0.6) is 0 Å². The van der Waals surface area contributed by atoms with Crippen molar-refractivity contribution >= 4 is 13.8 Å². The van der Waals surface area contributed by atoms with Gasteiger partial charge in [0.1, 0.15) is 6.61 Å². The van der Waals surface area contributed by atoms with E-state index in [0.29, 0.717) is 6.42 Å². The fourth-order valence-corrected chi connectivity index (χ4v) is 5.94. The number of esters is 1. The number of carbonyl (C=O) groups is 1. The lowest BCUT2D eigenvalue weighted by molar-refractivity contribution is -0.153. The molecule has 0 aliphatic heterocycles. The molecule has 45 heavy (non-hydrogen) atoms. The summed E-state index contributed by atoms with van der Waals surface area (Å²) in [7, 11) is -4.66. The zero-order chi connectivity index (χ0) is 33.1. The quantitative estimate of drug-likeness (QED) is 0.0298. The Morgan fingerprint density at radius 1 is 0.578 bits per heavy atom. The SMILES string of the molecule is CCCCCCCCCCCCCCCC/C=C\OC[C@H](COP(=O)(O)O)OC(=O)CCCCCCCCCCCCCCC. The van der Waals surface area contributed by atoms with Gasteiger partial charge in [-0.2, -0.15) is 0 Å². The van der Waals surface area contributed by atoms with Crippen molar-refractivity contribution in [2.24, 2.45) is 0 Å². The first-order chi connectivity index (χ1) is 21.9. The average molecular weight is 661 g/mol. The van der Waals surface area contributed by atoms with Crippen LogP contribution in [0.2, 0.25) is 0 Å². The van der Waals surface area contributed by atoms with E-state index in [1.807, 2.05) is 6.08 Å². The minimum Gasteiger partial charge on any atom is -0.498 e. The molecule has 7 nitrogen and oxygen atoms in total. The van der Waals surface area contributed by atoms with Crippen LogP contribution in [0.15, 0.2) is 12.3 Å². The minimum atomic E-state index is -4.66. The number of phosphoric ester groups is 1. The van der Waals surface area contributed by atoms with E-state index in [9.17, 15) is 9.36 Å². The number of carbonyl (C=O) groups excluding carboxylic acids is 1. The Labute approximate surface area is 278 Å². The molecule has 0 bridgehead atoms. The predicted molar refractivity (Wildman–Crippen MR) is 188 cm³/mol. The maximum absolute atomic E-state index is 12.3. The first kappa shape index (κ1) is 44.1. The Hall–Kier alpha value is -0.880. The highest BCUT2D eigenvalue weighted by Crippen LogP contribution is 2.36. The van der Waals surface area contributed by atoms with Gasteiger partial charge < -0.3 is 19.3 Å². The number of rotatable bonds is 36. The highest BCUT2D eigenvalue weighted by Gasteiger charge is 2.21. The third kappa shape index (κ3) is 37.5. The van der Waals surface area contributed by atoms with Gasteiger partial charge in [0.05, 0.1) is 12.9 Å². The summed E-state index contributed by atoms with van der Waals surface area (Å²) < 4.78 is 26.7. The Bertz CT molecular complexity index is 694. The molecule has 0 aliphatic carbocycles. The van der Waals surface area contributed by atoms with Crippen LogP contribution in [-0.2, 0) is 23.4 Å². The molecule has 0 aromatic carbocycles. The number of allylic oxidation sites excluding steroid dienone is 1. The van der Waals surface area contributed by atoms with Crippen LogP contribution in [0.25, 0.3) is 0 Å². The minimum absolute atomic E-state index is 0.000413. The highest BCUT2D eigenvalue weighted by atomic mass is 31.2. The van der Waals surface area contributed by atoms with Crippen molar-refractivity contribution in [1.29, 1.82) is 0 Å². The molecule has 0 aliphatic rings. The highest BCUT2D eigenvalue weighted by molar-refractivity contribution is 7.46. The van der Waals surface area contributed by atoms with E-state index >= 15 is 0 Å². The second-order valence-electron chi connectivity index (χ2n) is 13.0. The third-order valence-electron chi connectivity index (χ3n) is 8.41. The van der Waals surface area contributed by atoms with E-state index in [0.717, 1.165) is 32.1 Å². The van der Waals surface area contributed by atoms with Crippen molar-refractivity contribution in [3.8, 4) is 0 Å². The van der Waals surface area contributed by atoms with Gasteiger partial charge in [-0.3, -0.25) is 9.32 Å². The Morgan fingerprint density at radius 2 is 0.956 bits per heavy atom. The van der Waals surface area contributed by atoms with Crippen molar-refractivity contribution in [2.75, 3.05) is 13.2 Å². The summed E-state index contributed by atoms with van der Waals surface area (Å²) >= 11 is 0. The van der Waals surface area contributed by atoms with Crippen molar-refractivity contribution in [3.63, 3.8) is 0 Å². The van der Waals surface area contributed by atoms with Crippen LogP contribution >= 0.6 is 7.82 Å². The number of ether oxygens (including phenoxy) is 2. The van der Waals surface area contributed by atoms with E-state index in [1.54, 1.807) is 6.26 Å². The van der Waals surface area contributed by atoms with Gasteiger partial charge in [0.25, 0.3) is 0 Å². The molecule has 0 unspecified atom stereocenters. The molecule has 0 heterocycles. The van der Waals surface area contributed by atoms with Crippen molar-refractivity contribution in [3.05, 3.63) is 12.3 Å². The van der Waals surface area contributed by atoms with Gasteiger partial charge in [0, 0.05) is 6.42 Å². The molecule has 0 saturated heterocycles. The molecule has 8 heteroatoms. The lowest BCUT2D eigenvalue weighted by atomic mass is 10.0.